The second-order valence-corrected chi connectivity index (χ2v) is 6.53. The fourth-order valence-electron chi connectivity index (χ4n) is 3.33. The third-order valence-electron chi connectivity index (χ3n) is 4.69. The van der Waals surface area contributed by atoms with Gasteiger partial charge in [0.2, 0.25) is 0 Å². The maximum absolute atomic E-state index is 4.62. The first-order chi connectivity index (χ1) is 11.6. The first-order valence-electron chi connectivity index (χ1n) is 8.34. The van der Waals surface area contributed by atoms with Crippen molar-refractivity contribution in [1.29, 1.82) is 0 Å². The molecule has 0 spiro atoms. The van der Waals surface area contributed by atoms with Gasteiger partial charge in [0.05, 0.1) is 23.1 Å². The minimum absolute atomic E-state index is 0.725. The molecular weight excluding hydrogens is 296 g/mol. The minimum Gasteiger partial charge on any atom is -0.358 e. The Labute approximate surface area is 141 Å². The highest BCUT2D eigenvalue weighted by atomic mass is 15.0. The SMILES string of the molecule is Cc1cc(CNCc2nc3ccccc3[nH]2)c2[nH]c(C)c(C)c2c1. The van der Waals surface area contributed by atoms with Gasteiger partial charge in [-0.05, 0) is 50.1 Å². The molecule has 24 heavy (non-hydrogen) atoms. The third-order valence-corrected chi connectivity index (χ3v) is 4.69. The summed E-state index contributed by atoms with van der Waals surface area (Å²) in [5, 5.41) is 4.84. The van der Waals surface area contributed by atoms with Crippen LogP contribution in [0.25, 0.3) is 21.9 Å². The van der Waals surface area contributed by atoms with Crippen LogP contribution in [0.2, 0.25) is 0 Å². The van der Waals surface area contributed by atoms with Gasteiger partial charge in [0, 0.05) is 17.6 Å². The van der Waals surface area contributed by atoms with Crippen LogP contribution in [0, 0.1) is 20.8 Å². The highest BCUT2D eigenvalue weighted by Gasteiger charge is 2.09. The lowest BCUT2D eigenvalue weighted by Gasteiger charge is -2.07. The molecule has 0 atom stereocenters. The van der Waals surface area contributed by atoms with Crippen LogP contribution in [0.1, 0.15) is 28.2 Å². The molecule has 0 fully saturated rings. The molecule has 0 aliphatic heterocycles. The van der Waals surface area contributed by atoms with Crippen molar-refractivity contribution in [2.45, 2.75) is 33.9 Å². The molecule has 0 bridgehead atoms. The normalized spacial score (nSPS) is 11.6. The number of imidazole rings is 1. The average Bonchev–Trinajstić information content (AvgIpc) is 3.10. The molecule has 2 aromatic carbocycles. The quantitative estimate of drug-likeness (QED) is 0.526. The van der Waals surface area contributed by atoms with Gasteiger partial charge in [0.15, 0.2) is 0 Å². The molecule has 0 aliphatic carbocycles. The van der Waals surface area contributed by atoms with Gasteiger partial charge in [-0.1, -0.05) is 23.8 Å². The molecule has 0 aliphatic rings. The Morgan fingerprint density at radius 3 is 2.67 bits per heavy atom. The van der Waals surface area contributed by atoms with E-state index in [1.54, 1.807) is 0 Å². The van der Waals surface area contributed by atoms with Gasteiger partial charge in [-0.3, -0.25) is 0 Å². The number of aromatic nitrogens is 3. The summed E-state index contributed by atoms with van der Waals surface area (Å²) in [6.45, 7) is 8.01. The second-order valence-electron chi connectivity index (χ2n) is 6.53. The van der Waals surface area contributed by atoms with Crippen LogP contribution in [0.4, 0.5) is 0 Å². The monoisotopic (exact) mass is 318 g/mol. The number of fused-ring (bicyclic) bond motifs is 2. The zero-order chi connectivity index (χ0) is 16.7. The number of benzene rings is 2. The number of nitrogens with zero attached hydrogens (tertiary/aromatic N) is 1. The first-order valence-corrected chi connectivity index (χ1v) is 8.34. The van der Waals surface area contributed by atoms with Gasteiger partial charge in [0.1, 0.15) is 5.82 Å². The van der Waals surface area contributed by atoms with Crippen molar-refractivity contribution < 1.29 is 0 Å². The maximum atomic E-state index is 4.62. The Morgan fingerprint density at radius 2 is 1.83 bits per heavy atom. The predicted molar refractivity (Wildman–Crippen MR) is 99.1 cm³/mol. The first kappa shape index (κ1) is 15.0. The Balaban J connectivity index is 1.55. The van der Waals surface area contributed by atoms with Crippen LogP contribution < -0.4 is 5.32 Å². The van der Waals surface area contributed by atoms with E-state index in [1.165, 1.54) is 33.3 Å². The summed E-state index contributed by atoms with van der Waals surface area (Å²) in [5.41, 5.74) is 8.53. The van der Waals surface area contributed by atoms with Crippen molar-refractivity contribution in [3.63, 3.8) is 0 Å². The van der Waals surface area contributed by atoms with Crippen LogP contribution in [0.5, 0.6) is 0 Å². The van der Waals surface area contributed by atoms with E-state index in [0.29, 0.717) is 0 Å². The van der Waals surface area contributed by atoms with E-state index >= 15 is 0 Å². The molecule has 3 N–H and O–H groups in total. The number of rotatable bonds is 4. The summed E-state index contributed by atoms with van der Waals surface area (Å²) >= 11 is 0. The number of H-pyrrole nitrogens is 2. The van der Waals surface area contributed by atoms with E-state index in [1.807, 2.05) is 18.2 Å². The fourth-order valence-corrected chi connectivity index (χ4v) is 3.33. The van der Waals surface area contributed by atoms with Crippen molar-refractivity contribution in [1.82, 2.24) is 20.3 Å². The van der Waals surface area contributed by atoms with Gasteiger partial charge in [-0.15, -0.1) is 0 Å². The molecule has 4 aromatic rings. The molecule has 0 saturated heterocycles. The summed E-state index contributed by atoms with van der Waals surface area (Å²) in [6.07, 6.45) is 0. The lowest BCUT2D eigenvalue weighted by Crippen LogP contribution is -2.14. The number of aryl methyl sites for hydroxylation is 3. The van der Waals surface area contributed by atoms with Gasteiger partial charge < -0.3 is 15.3 Å². The molecule has 122 valence electrons. The van der Waals surface area contributed by atoms with Crippen LogP contribution in [0.15, 0.2) is 36.4 Å². The summed E-state index contributed by atoms with van der Waals surface area (Å²) in [6, 6.07) is 12.6. The number of hydrogen-bond donors (Lipinski definition) is 3. The van der Waals surface area contributed by atoms with Crippen LogP contribution in [-0.4, -0.2) is 15.0 Å². The molecule has 2 aromatic heterocycles. The van der Waals surface area contributed by atoms with Gasteiger partial charge in [-0.25, -0.2) is 4.98 Å². The smallest absolute Gasteiger partial charge is 0.121 e. The van der Waals surface area contributed by atoms with Crippen LogP contribution in [-0.2, 0) is 13.1 Å². The predicted octanol–water partition coefficient (Wildman–Crippen LogP) is 4.26. The zero-order valence-corrected chi connectivity index (χ0v) is 14.3. The number of hydrogen-bond acceptors (Lipinski definition) is 2. The van der Waals surface area contributed by atoms with Crippen molar-refractivity contribution in [2.24, 2.45) is 0 Å². The number of para-hydroxylation sites is 2. The topological polar surface area (TPSA) is 56.5 Å². The van der Waals surface area contributed by atoms with E-state index < -0.39 is 0 Å². The van der Waals surface area contributed by atoms with Gasteiger partial charge >= 0.3 is 0 Å². The third kappa shape index (κ3) is 2.59. The summed E-state index contributed by atoms with van der Waals surface area (Å²) in [7, 11) is 0. The lowest BCUT2D eigenvalue weighted by atomic mass is 10.0. The Bertz CT molecular complexity index is 990. The molecule has 4 nitrogen and oxygen atoms in total. The average molecular weight is 318 g/mol. The fraction of sp³-hybridized carbons (Fsp3) is 0.250. The van der Waals surface area contributed by atoms with Gasteiger partial charge in [0.25, 0.3) is 0 Å². The molecule has 4 rings (SSSR count). The number of aromatic amines is 2. The van der Waals surface area contributed by atoms with Crippen LogP contribution >= 0.6 is 0 Å². The van der Waals surface area contributed by atoms with E-state index in [0.717, 1.165) is 29.9 Å². The molecule has 4 heteroatoms. The standard InChI is InChI=1S/C20H22N4/c1-12-8-15(20-16(9-12)13(2)14(3)22-20)10-21-11-19-23-17-6-4-5-7-18(17)24-19/h4-9,21-22H,10-11H2,1-3H3,(H,23,24). The van der Waals surface area contributed by atoms with E-state index in [4.69, 9.17) is 0 Å². The van der Waals surface area contributed by atoms with Gasteiger partial charge in [-0.2, -0.15) is 0 Å². The van der Waals surface area contributed by atoms with E-state index in [9.17, 15) is 0 Å². The summed E-state index contributed by atoms with van der Waals surface area (Å²) < 4.78 is 0. The van der Waals surface area contributed by atoms with Crippen LogP contribution in [0.3, 0.4) is 0 Å². The minimum atomic E-state index is 0.725. The molecule has 0 amide bonds. The zero-order valence-electron chi connectivity index (χ0n) is 14.3. The van der Waals surface area contributed by atoms with Crippen molar-refractivity contribution in [3.05, 3.63) is 64.6 Å². The summed E-state index contributed by atoms with van der Waals surface area (Å²) in [4.78, 5) is 11.5. The number of nitrogens with one attached hydrogen (secondary N) is 3. The highest BCUT2D eigenvalue weighted by Crippen LogP contribution is 2.26. The molecular formula is C20H22N4. The molecule has 0 radical (unpaired) electrons. The Hall–Kier alpha value is -2.59. The lowest BCUT2D eigenvalue weighted by molar-refractivity contribution is 0.672. The van der Waals surface area contributed by atoms with Crippen molar-refractivity contribution in [3.8, 4) is 0 Å². The Kier molecular flexibility index (Phi) is 3.62. The second kappa shape index (κ2) is 5.80. The summed E-state index contributed by atoms with van der Waals surface area (Å²) in [5.74, 6) is 0.971. The van der Waals surface area contributed by atoms with E-state index in [2.05, 4.69) is 59.2 Å². The molecule has 0 unspecified atom stereocenters. The van der Waals surface area contributed by atoms with Crippen molar-refractivity contribution in [2.75, 3.05) is 0 Å². The largest absolute Gasteiger partial charge is 0.358 e. The van der Waals surface area contributed by atoms with Crippen molar-refractivity contribution >= 4 is 21.9 Å². The van der Waals surface area contributed by atoms with E-state index in [-0.39, 0.29) is 0 Å². The molecule has 0 saturated carbocycles. The molecule has 2 heterocycles. The maximum Gasteiger partial charge on any atom is 0.121 e. The Morgan fingerprint density at radius 1 is 1.00 bits per heavy atom. The highest BCUT2D eigenvalue weighted by molar-refractivity contribution is 5.87.